The van der Waals surface area contributed by atoms with Gasteiger partial charge < -0.3 is 14.6 Å². The number of nitrogens with one attached hydrogen (secondary N) is 1. The predicted octanol–water partition coefficient (Wildman–Crippen LogP) is -0.739. The fourth-order valence-corrected chi connectivity index (χ4v) is 2.26. The first-order chi connectivity index (χ1) is 9.86. The van der Waals surface area contributed by atoms with E-state index < -0.39 is 17.2 Å². The lowest BCUT2D eigenvalue weighted by Gasteiger charge is -2.20. The summed E-state index contributed by atoms with van der Waals surface area (Å²) in [6, 6.07) is 0. The molecule has 21 heavy (non-hydrogen) atoms. The quantitative estimate of drug-likeness (QED) is 0.751. The minimum Gasteiger partial charge on any atom is -0.480 e. The van der Waals surface area contributed by atoms with Crippen LogP contribution in [0.1, 0.15) is 13.3 Å². The molecule has 0 amide bonds. The first kappa shape index (κ1) is 14.8. The van der Waals surface area contributed by atoms with E-state index in [2.05, 4.69) is 9.97 Å². The van der Waals surface area contributed by atoms with Crippen molar-refractivity contribution < 1.29 is 9.90 Å². The van der Waals surface area contributed by atoms with Gasteiger partial charge in [0.15, 0.2) is 11.2 Å². The van der Waals surface area contributed by atoms with Crippen LogP contribution in [0.15, 0.2) is 9.59 Å². The van der Waals surface area contributed by atoms with Crippen LogP contribution < -0.4 is 16.1 Å². The van der Waals surface area contributed by atoms with E-state index in [1.807, 2.05) is 6.92 Å². The van der Waals surface area contributed by atoms with Crippen molar-refractivity contribution in [1.82, 2.24) is 19.1 Å². The van der Waals surface area contributed by atoms with E-state index >= 15 is 0 Å². The number of aromatic amines is 1. The molecule has 0 saturated heterocycles. The highest BCUT2D eigenvalue weighted by Gasteiger charge is 2.20. The number of nitrogens with zero attached hydrogens (tertiary/aromatic N) is 4. The monoisotopic (exact) mass is 295 g/mol. The number of carboxylic acids is 1. The molecule has 0 atom stereocenters. The Balaban J connectivity index is 2.69. The Bertz CT molecular complexity index is 800. The molecule has 0 spiro atoms. The van der Waals surface area contributed by atoms with Crippen molar-refractivity contribution >= 4 is 23.1 Å². The molecule has 2 aromatic heterocycles. The minimum atomic E-state index is -0.988. The van der Waals surface area contributed by atoms with Crippen LogP contribution in [0, 0.1) is 0 Å². The molecule has 2 heterocycles. The van der Waals surface area contributed by atoms with Crippen molar-refractivity contribution in [2.24, 2.45) is 14.1 Å². The Hall–Kier alpha value is -2.58. The van der Waals surface area contributed by atoms with Gasteiger partial charge in [-0.15, -0.1) is 0 Å². The molecule has 0 aliphatic heterocycles. The van der Waals surface area contributed by atoms with Crippen LogP contribution in [0.5, 0.6) is 0 Å². The number of aromatic nitrogens is 4. The molecule has 2 aromatic rings. The number of rotatable bonds is 5. The Morgan fingerprint density at radius 1 is 1.33 bits per heavy atom. The molecular formula is C12H17N5O4. The topological polar surface area (TPSA) is 113 Å². The van der Waals surface area contributed by atoms with E-state index in [-0.39, 0.29) is 17.7 Å². The third-order valence-electron chi connectivity index (χ3n) is 3.21. The fraction of sp³-hybridized carbons (Fsp3) is 0.500. The van der Waals surface area contributed by atoms with Gasteiger partial charge in [-0.05, 0) is 6.42 Å². The third-order valence-corrected chi connectivity index (χ3v) is 3.21. The van der Waals surface area contributed by atoms with E-state index in [0.717, 1.165) is 6.42 Å². The zero-order valence-electron chi connectivity index (χ0n) is 12.1. The van der Waals surface area contributed by atoms with Crippen molar-refractivity contribution in [2.45, 2.75) is 13.3 Å². The SMILES string of the molecule is CCCN(CC(=O)O)c1nc2c(c(=O)[nH]c(=O)n2C)n1C. The number of carbonyl (C=O) groups is 1. The lowest BCUT2D eigenvalue weighted by Crippen LogP contribution is -2.32. The van der Waals surface area contributed by atoms with E-state index in [1.54, 1.807) is 11.9 Å². The molecule has 0 unspecified atom stereocenters. The molecule has 9 nitrogen and oxygen atoms in total. The molecule has 0 aliphatic carbocycles. The largest absolute Gasteiger partial charge is 0.480 e. The summed E-state index contributed by atoms with van der Waals surface area (Å²) in [6.45, 7) is 2.17. The highest BCUT2D eigenvalue weighted by atomic mass is 16.4. The Morgan fingerprint density at radius 3 is 2.57 bits per heavy atom. The summed E-state index contributed by atoms with van der Waals surface area (Å²) in [5.41, 5.74) is -0.634. The molecule has 9 heteroatoms. The van der Waals surface area contributed by atoms with Gasteiger partial charge in [-0.1, -0.05) is 6.92 Å². The molecule has 0 fully saturated rings. The van der Waals surface area contributed by atoms with Crippen LogP contribution in [-0.2, 0) is 18.9 Å². The van der Waals surface area contributed by atoms with E-state index in [1.165, 1.54) is 16.2 Å². The maximum absolute atomic E-state index is 11.9. The van der Waals surface area contributed by atoms with Gasteiger partial charge in [0.05, 0.1) is 0 Å². The zero-order chi connectivity index (χ0) is 15.7. The summed E-state index contributed by atoms with van der Waals surface area (Å²) in [4.78, 5) is 42.5. The minimum absolute atomic E-state index is 0.225. The molecule has 114 valence electrons. The van der Waals surface area contributed by atoms with Crippen molar-refractivity contribution in [1.29, 1.82) is 0 Å². The number of imidazole rings is 1. The maximum atomic E-state index is 11.9. The molecular weight excluding hydrogens is 278 g/mol. The normalized spacial score (nSPS) is 11.0. The van der Waals surface area contributed by atoms with E-state index in [4.69, 9.17) is 5.11 Å². The van der Waals surface area contributed by atoms with Gasteiger partial charge in [0.2, 0.25) is 5.95 Å². The Morgan fingerprint density at radius 2 is 2.00 bits per heavy atom. The number of aryl methyl sites for hydroxylation is 2. The molecule has 0 aromatic carbocycles. The predicted molar refractivity (Wildman–Crippen MR) is 76.7 cm³/mol. The van der Waals surface area contributed by atoms with Crippen LogP contribution in [-0.4, -0.2) is 43.3 Å². The first-order valence-corrected chi connectivity index (χ1v) is 6.49. The van der Waals surface area contributed by atoms with Gasteiger partial charge in [-0.3, -0.25) is 19.1 Å². The number of anilines is 1. The van der Waals surface area contributed by atoms with Gasteiger partial charge in [0.25, 0.3) is 5.56 Å². The lowest BCUT2D eigenvalue weighted by molar-refractivity contribution is -0.135. The lowest BCUT2D eigenvalue weighted by atomic mass is 10.4. The molecule has 0 aliphatic rings. The summed E-state index contributed by atoms with van der Waals surface area (Å²) < 4.78 is 2.73. The summed E-state index contributed by atoms with van der Waals surface area (Å²) in [5.74, 6) is -0.640. The summed E-state index contributed by atoms with van der Waals surface area (Å²) >= 11 is 0. The molecule has 2 rings (SSSR count). The van der Waals surface area contributed by atoms with Crippen molar-refractivity contribution in [3.8, 4) is 0 Å². The van der Waals surface area contributed by atoms with Crippen LogP contribution in [0.25, 0.3) is 11.2 Å². The molecule has 0 radical (unpaired) electrons. The average molecular weight is 295 g/mol. The van der Waals surface area contributed by atoms with Gasteiger partial charge in [0.1, 0.15) is 6.54 Å². The highest BCUT2D eigenvalue weighted by Crippen LogP contribution is 2.17. The molecule has 0 bridgehead atoms. The van der Waals surface area contributed by atoms with Gasteiger partial charge in [0, 0.05) is 20.6 Å². The van der Waals surface area contributed by atoms with Gasteiger partial charge in [-0.25, -0.2) is 4.79 Å². The number of carboxylic acid groups (broad SMARTS) is 1. The second kappa shape index (κ2) is 5.43. The number of aliphatic carboxylic acids is 1. The third kappa shape index (κ3) is 2.54. The second-order valence-electron chi connectivity index (χ2n) is 4.78. The molecule has 2 N–H and O–H groups in total. The van der Waals surface area contributed by atoms with Crippen molar-refractivity contribution in [3.63, 3.8) is 0 Å². The summed E-state index contributed by atoms with van der Waals surface area (Å²) in [6.07, 6.45) is 0.728. The van der Waals surface area contributed by atoms with E-state index in [0.29, 0.717) is 12.5 Å². The Labute approximate surface area is 119 Å². The fourth-order valence-electron chi connectivity index (χ4n) is 2.26. The van der Waals surface area contributed by atoms with Crippen LogP contribution in [0.2, 0.25) is 0 Å². The smallest absolute Gasteiger partial charge is 0.329 e. The zero-order valence-corrected chi connectivity index (χ0v) is 12.1. The average Bonchev–Trinajstić information content (AvgIpc) is 2.73. The summed E-state index contributed by atoms with van der Waals surface area (Å²) in [7, 11) is 3.12. The second-order valence-corrected chi connectivity index (χ2v) is 4.78. The number of H-pyrrole nitrogens is 1. The molecule has 0 saturated carbocycles. The van der Waals surface area contributed by atoms with Gasteiger partial charge in [-0.2, -0.15) is 4.98 Å². The highest BCUT2D eigenvalue weighted by molar-refractivity contribution is 5.77. The standard InChI is InChI=1S/C12H17N5O4/c1-4-5-17(6-7(18)19)11-13-9-8(15(11)2)10(20)14-12(21)16(9)3/h4-6H2,1-3H3,(H,18,19)(H,14,20,21). The van der Waals surface area contributed by atoms with Crippen LogP contribution in [0.3, 0.4) is 0 Å². The van der Waals surface area contributed by atoms with Crippen molar-refractivity contribution in [3.05, 3.63) is 20.8 Å². The maximum Gasteiger partial charge on any atom is 0.329 e. The van der Waals surface area contributed by atoms with E-state index in [9.17, 15) is 14.4 Å². The van der Waals surface area contributed by atoms with Crippen LogP contribution in [0.4, 0.5) is 5.95 Å². The van der Waals surface area contributed by atoms with Crippen molar-refractivity contribution in [2.75, 3.05) is 18.0 Å². The number of hydrogen-bond donors (Lipinski definition) is 2. The number of hydrogen-bond acceptors (Lipinski definition) is 5. The first-order valence-electron chi connectivity index (χ1n) is 6.49. The Kier molecular flexibility index (Phi) is 3.83. The van der Waals surface area contributed by atoms with Crippen LogP contribution >= 0.6 is 0 Å². The van der Waals surface area contributed by atoms with Gasteiger partial charge >= 0.3 is 11.7 Å². The summed E-state index contributed by atoms with van der Waals surface area (Å²) in [5, 5.41) is 8.99. The number of fused-ring (bicyclic) bond motifs is 1.